The average molecular weight is 370 g/mol. The first-order valence-electron chi connectivity index (χ1n) is 9.26. The lowest BCUT2D eigenvalue weighted by Gasteiger charge is -2.30. The molecule has 0 bridgehead atoms. The van der Waals surface area contributed by atoms with Gasteiger partial charge in [-0.1, -0.05) is 23.7 Å². The van der Waals surface area contributed by atoms with E-state index in [0.29, 0.717) is 12.1 Å². The van der Waals surface area contributed by atoms with Crippen LogP contribution in [0.3, 0.4) is 0 Å². The maximum absolute atomic E-state index is 6.30. The first-order chi connectivity index (χ1) is 12.7. The van der Waals surface area contributed by atoms with Gasteiger partial charge in [-0.3, -0.25) is 5.10 Å². The molecule has 26 heavy (non-hydrogen) atoms. The van der Waals surface area contributed by atoms with Crippen LogP contribution >= 0.6 is 11.6 Å². The number of aromatic nitrogens is 2. The van der Waals surface area contributed by atoms with Gasteiger partial charge in [-0.25, -0.2) is 0 Å². The van der Waals surface area contributed by atoms with E-state index in [2.05, 4.69) is 34.6 Å². The molecule has 1 aromatic heterocycles. The maximum atomic E-state index is 6.30. The molecule has 1 aliphatic rings. The number of fused-ring (bicyclic) bond motifs is 1. The Morgan fingerprint density at radius 3 is 2.85 bits per heavy atom. The molecule has 5 heteroatoms. The van der Waals surface area contributed by atoms with Gasteiger partial charge in [0, 0.05) is 28.6 Å². The second-order valence-corrected chi connectivity index (χ2v) is 7.56. The van der Waals surface area contributed by atoms with Crippen molar-refractivity contribution in [2.45, 2.75) is 51.3 Å². The highest BCUT2D eigenvalue weighted by Crippen LogP contribution is 2.30. The van der Waals surface area contributed by atoms with Gasteiger partial charge in [0.1, 0.15) is 5.75 Å². The molecule has 1 saturated carbocycles. The Morgan fingerprint density at radius 1 is 1.19 bits per heavy atom. The highest BCUT2D eigenvalue weighted by Gasteiger charge is 2.23. The van der Waals surface area contributed by atoms with Crippen LogP contribution in [0, 0.1) is 6.92 Å². The van der Waals surface area contributed by atoms with Gasteiger partial charge in [0.05, 0.1) is 17.8 Å². The lowest BCUT2D eigenvalue weighted by atomic mass is 9.92. The normalized spacial score (nSPS) is 20.4. The molecule has 1 fully saturated rings. The first kappa shape index (κ1) is 17.4. The van der Waals surface area contributed by atoms with E-state index >= 15 is 0 Å². The van der Waals surface area contributed by atoms with Crippen molar-refractivity contribution in [3.05, 3.63) is 58.7 Å². The molecule has 136 valence electrons. The number of nitrogens with zero attached hydrogens (tertiary/aromatic N) is 1. The van der Waals surface area contributed by atoms with Crippen molar-refractivity contribution in [1.82, 2.24) is 15.5 Å². The molecule has 0 radical (unpaired) electrons. The van der Waals surface area contributed by atoms with Gasteiger partial charge in [-0.05, 0) is 62.4 Å². The van der Waals surface area contributed by atoms with Crippen molar-refractivity contribution in [3.63, 3.8) is 0 Å². The van der Waals surface area contributed by atoms with Gasteiger partial charge in [0.25, 0.3) is 0 Å². The first-order valence-corrected chi connectivity index (χ1v) is 9.64. The lowest BCUT2D eigenvalue weighted by molar-refractivity contribution is 0.138. The van der Waals surface area contributed by atoms with Crippen molar-refractivity contribution in [1.29, 1.82) is 0 Å². The third-order valence-electron chi connectivity index (χ3n) is 5.30. The minimum atomic E-state index is 0.294. The second-order valence-electron chi connectivity index (χ2n) is 7.12. The van der Waals surface area contributed by atoms with E-state index in [-0.39, 0.29) is 0 Å². The highest BCUT2D eigenvalue weighted by atomic mass is 35.5. The summed E-state index contributed by atoms with van der Waals surface area (Å²) in [4.78, 5) is 0. The van der Waals surface area contributed by atoms with Crippen molar-refractivity contribution in [2.75, 3.05) is 0 Å². The Bertz CT molecular complexity index is 884. The molecule has 4 nitrogen and oxygen atoms in total. The molecular formula is C21H24ClN3O. The molecular weight excluding hydrogens is 346 g/mol. The summed E-state index contributed by atoms with van der Waals surface area (Å²) >= 11 is 6.05. The van der Waals surface area contributed by atoms with Crippen LogP contribution in [0.15, 0.2) is 42.6 Å². The van der Waals surface area contributed by atoms with Gasteiger partial charge < -0.3 is 10.1 Å². The number of aryl methyl sites for hydroxylation is 1. The van der Waals surface area contributed by atoms with Crippen LogP contribution in [0.2, 0.25) is 5.02 Å². The number of hydrogen-bond acceptors (Lipinski definition) is 3. The van der Waals surface area contributed by atoms with E-state index in [1.165, 1.54) is 5.56 Å². The third kappa shape index (κ3) is 3.87. The number of halogens is 1. The number of rotatable bonds is 5. The summed E-state index contributed by atoms with van der Waals surface area (Å²) in [6.07, 6.45) is 6.60. The summed E-state index contributed by atoms with van der Waals surface area (Å²) in [6.45, 7) is 2.97. The summed E-state index contributed by atoms with van der Waals surface area (Å²) in [6, 6.07) is 12.7. The third-order valence-corrected chi connectivity index (χ3v) is 5.53. The number of aromatic amines is 1. The van der Waals surface area contributed by atoms with Crippen LogP contribution in [0.4, 0.5) is 0 Å². The van der Waals surface area contributed by atoms with E-state index < -0.39 is 0 Å². The fourth-order valence-corrected chi connectivity index (χ4v) is 3.95. The van der Waals surface area contributed by atoms with Gasteiger partial charge in [-0.2, -0.15) is 5.10 Å². The quantitative estimate of drug-likeness (QED) is 0.665. The van der Waals surface area contributed by atoms with Crippen LogP contribution in [0.25, 0.3) is 10.9 Å². The molecule has 1 heterocycles. The van der Waals surface area contributed by atoms with E-state index in [4.69, 9.17) is 16.3 Å². The van der Waals surface area contributed by atoms with E-state index in [1.807, 2.05) is 30.5 Å². The summed E-state index contributed by atoms with van der Waals surface area (Å²) in [7, 11) is 0. The Morgan fingerprint density at radius 2 is 2.04 bits per heavy atom. The predicted octanol–water partition coefficient (Wildman–Crippen LogP) is 5.00. The van der Waals surface area contributed by atoms with Crippen LogP contribution < -0.4 is 10.1 Å². The molecule has 0 aliphatic heterocycles. The van der Waals surface area contributed by atoms with Crippen LogP contribution in [-0.4, -0.2) is 22.3 Å². The van der Waals surface area contributed by atoms with Crippen LogP contribution in [0.1, 0.15) is 36.8 Å². The molecule has 0 atom stereocenters. The zero-order valence-electron chi connectivity index (χ0n) is 15.0. The van der Waals surface area contributed by atoms with Gasteiger partial charge in [0.2, 0.25) is 0 Å². The summed E-state index contributed by atoms with van der Waals surface area (Å²) < 4.78 is 6.30. The fourth-order valence-electron chi connectivity index (χ4n) is 3.74. The Labute approximate surface area is 158 Å². The average Bonchev–Trinajstić information content (AvgIpc) is 3.13. The second kappa shape index (κ2) is 7.68. The van der Waals surface area contributed by atoms with E-state index in [1.54, 1.807) is 0 Å². The molecule has 1 aliphatic carbocycles. The fraction of sp³-hybridized carbons (Fsp3) is 0.381. The topological polar surface area (TPSA) is 49.9 Å². The van der Waals surface area contributed by atoms with E-state index in [9.17, 15) is 0 Å². The lowest BCUT2D eigenvalue weighted by Crippen LogP contribution is -2.36. The Hall–Kier alpha value is -2.04. The van der Waals surface area contributed by atoms with Crippen molar-refractivity contribution in [3.8, 4) is 5.75 Å². The van der Waals surface area contributed by atoms with Crippen LogP contribution in [0.5, 0.6) is 5.75 Å². The highest BCUT2D eigenvalue weighted by molar-refractivity contribution is 6.30. The maximum Gasteiger partial charge on any atom is 0.123 e. The molecule has 3 aromatic rings. The monoisotopic (exact) mass is 369 g/mol. The number of ether oxygens (including phenoxy) is 1. The number of hydrogen-bond donors (Lipinski definition) is 2. The minimum Gasteiger partial charge on any atom is -0.490 e. The Balaban J connectivity index is 1.30. The molecule has 2 N–H and O–H groups in total. The zero-order chi connectivity index (χ0) is 17.9. The van der Waals surface area contributed by atoms with Gasteiger partial charge in [-0.15, -0.1) is 0 Å². The zero-order valence-corrected chi connectivity index (χ0v) is 15.7. The van der Waals surface area contributed by atoms with Gasteiger partial charge >= 0.3 is 0 Å². The molecule has 4 rings (SSSR count). The predicted molar refractivity (Wildman–Crippen MR) is 106 cm³/mol. The Kier molecular flexibility index (Phi) is 5.14. The summed E-state index contributed by atoms with van der Waals surface area (Å²) in [5.74, 6) is 0.981. The standard InChI is InChI=1S/C21H24ClN3O/c1-14-19-13-24-25-20(19)9-10-21(14)26-18-7-5-17(6-8-18)23-12-15-3-2-4-16(22)11-15/h2-4,9-11,13,17-18,23H,5-8,12H2,1H3,(H,24,25)/t17-,18-. The van der Waals surface area contributed by atoms with Crippen molar-refractivity contribution in [2.24, 2.45) is 0 Å². The molecule has 0 saturated heterocycles. The summed E-state index contributed by atoms with van der Waals surface area (Å²) in [5.41, 5.74) is 3.46. The summed E-state index contributed by atoms with van der Waals surface area (Å²) in [5, 5.41) is 12.7. The largest absolute Gasteiger partial charge is 0.490 e. The van der Waals surface area contributed by atoms with E-state index in [0.717, 1.165) is 59.5 Å². The van der Waals surface area contributed by atoms with Crippen molar-refractivity contribution < 1.29 is 4.74 Å². The SMILES string of the molecule is Cc1c(O[C@H]2CC[C@H](NCc3cccc(Cl)c3)CC2)ccc2[nH]ncc12. The number of H-pyrrole nitrogens is 1. The number of benzene rings is 2. The van der Waals surface area contributed by atoms with Crippen molar-refractivity contribution >= 4 is 22.5 Å². The molecule has 0 unspecified atom stereocenters. The van der Waals surface area contributed by atoms with Crippen LogP contribution in [-0.2, 0) is 6.54 Å². The minimum absolute atomic E-state index is 0.294. The smallest absolute Gasteiger partial charge is 0.123 e. The van der Waals surface area contributed by atoms with Gasteiger partial charge in [0.15, 0.2) is 0 Å². The number of nitrogens with one attached hydrogen (secondary N) is 2. The molecule has 0 spiro atoms. The molecule has 0 amide bonds. The molecule has 2 aromatic carbocycles.